The minimum absolute atomic E-state index is 0.135. The van der Waals surface area contributed by atoms with E-state index in [1.165, 1.54) is 25.1 Å². The van der Waals surface area contributed by atoms with E-state index in [2.05, 4.69) is 5.32 Å². The highest BCUT2D eigenvalue weighted by atomic mass is 32.2. The summed E-state index contributed by atoms with van der Waals surface area (Å²) in [7, 11) is -3.97. The average molecular weight is 431 g/mol. The molecule has 0 saturated carbocycles. The SMILES string of the molecule is CC(C(=O)Nc1cccc(COc2cccc(F)c2)c1)S(=O)(=O)c1ccc(F)cc1. The summed E-state index contributed by atoms with van der Waals surface area (Å²) >= 11 is 0. The van der Waals surface area contributed by atoms with Gasteiger partial charge < -0.3 is 10.1 Å². The maximum atomic E-state index is 13.2. The Morgan fingerprint density at radius 2 is 1.67 bits per heavy atom. The quantitative estimate of drug-likeness (QED) is 0.565. The summed E-state index contributed by atoms with van der Waals surface area (Å²) in [6, 6.07) is 16.7. The third-order valence-corrected chi connectivity index (χ3v) is 6.45. The molecular weight excluding hydrogens is 412 g/mol. The Morgan fingerprint density at radius 3 is 2.37 bits per heavy atom. The molecule has 0 heterocycles. The molecule has 3 rings (SSSR count). The van der Waals surface area contributed by atoms with Crippen LogP contribution in [0.4, 0.5) is 14.5 Å². The number of hydrogen-bond donors (Lipinski definition) is 1. The van der Waals surface area contributed by atoms with Crippen LogP contribution in [0.1, 0.15) is 12.5 Å². The Bertz CT molecular complexity index is 1150. The predicted molar refractivity (Wildman–Crippen MR) is 109 cm³/mol. The Labute approximate surface area is 173 Å². The van der Waals surface area contributed by atoms with E-state index in [1.807, 2.05) is 0 Å². The molecule has 1 N–H and O–H groups in total. The molecule has 1 atom stereocenters. The molecule has 3 aromatic carbocycles. The highest BCUT2D eigenvalue weighted by Gasteiger charge is 2.29. The second-order valence-electron chi connectivity index (χ2n) is 6.58. The fourth-order valence-electron chi connectivity index (χ4n) is 2.68. The van der Waals surface area contributed by atoms with Crippen molar-refractivity contribution >= 4 is 21.4 Å². The Morgan fingerprint density at radius 1 is 0.967 bits per heavy atom. The van der Waals surface area contributed by atoms with Crippen molar-refractivity contribution in [3.05, 3.63) is 90.0 Å². The van der Waals surface area contributed by atoms with Gasteiger partial charge in [0.05, 0.1) is 4.90 Å². The summed E-state index contributed by atoms with van der Waals surface area (Å²) in [6.07, 6.45) is 0. The number of hydrogen-bond acceptors (Lipinski definition) is 4. The van der Waals surface area contributed by atoms with Gasteiger partial charge >= 0.3 is 0 Å². The lowest BCUT2D eigenvalue weighted by Crippen LogP contribution is -2.32. The molecule has 0 aromatic heterocycles. The summed E-state index contributed by atoms with van der Waals surface area (Å²) in [5.41, 5.74) is 1.09. The van der Waals surface area contributed by atoms with Crippen molar-refractivity contribution in [2.75, 3.05) is 5.32 Å². The van der Waals surface area contributed by atoms with Crippen LogP contribution in [0, 0.1) is 11.6 Å². The summed E-state index contributed by atoms with van der Waals surface area (Å²) in [5.74, 6) is -1.33. The fourth-order valence-corrected chi connectivity index (χ4v) is 3.94. The minimum atomic E-state index is -3.97. The first-order valence-electron chi connectivity index (χ1n) is 9.03. The van der Waals surface area contributed by atoms with Crippen LogP contribution in [0.5, 0.6) is 5.75 Å². The zero-order valence-electron chi connectivity index (χ0n) is 16.0. The van der Waals surface area contributed by atoms with Gasteiger partial charge in [-0.25, -0.2) is 17.2 Å². The monoisotopic (exact) mass is 431 g/mol. The molecule has 0 aliphatic rings. The Hall–Kier alpha value is -3.26. The van der Waals surface area contributed by atoms with Crippen LogP contribution in [-0.4, -0.2) is 19.6 Å². The fraction of sp³-hybridized carbons (Fsp3) is 0.136. The van der Waals surface area contributed by atoms with Crippen LogP contribution < -0.4 is 10.1 Å². The molecule has 0 aliphatic heterocycles. The number of rotatable bonds is 7. The zero-order valence-corrected chi connectivity index (χ0v) is 16.8. The van der Waals surface area contributed by atoms with Crippen molar-refractivity contribution in [1.29, 1.82) is 0 Å². The lowest BCUT2D eigenvalue weighted by Gasteiger charge is -2.14. The van der Waals surface area contributed by atoms with Crippen LogP contribution in [0.3, 0.4) is 0 Å². The van der Waals surface area contributed by atoms with E-state index in [4.69, 9.17) is 4.74 Å². The number of carbonyl (C=O) groups excluding carboxylic acids is 1. The van der Waals surface area contributed by atoms with Crippen molar-refractivity contribution in [3.63, 3.8) is 0 Å². The molecule has 0 fully saturated rings. The third kappa shape index (κ3) is 5.21. The summed E-state index contributed by atoms with van der Waals surface area (Å²) in [5, 5.41) is 1.19. The summed E-state index contributed by atoms with van der Waals surface area (Å²) in [4.78, 5) is 12.4. The number of sulfone groups is 1. The number of halogens is 2. The molecule has 8 heteroatoms. The Kier molecular flexibility index (Phi) is 6.47. The summed E-state index contributed by atoms with van der Waals surface area (Å²) < 4.78 is 57.0. The molecule has 0 spiro atoms. The van der Waals surface area contributed by atoms with Gasteiger partial charge in [-0.15, -0.1) is 0 Å². The van der Waals surface area contributed by atoms with Gasteiger partial charge in [0.25, 0.3) is 0 Å². The normalized spacial score (nSPS) is 12.2. The zero-order chi connectivity index (χ0) is 21.7. The first-order chi connectivity index (χ1) is 14.3. The lowest BCUT2D eigenvalue weighted by molar-refractivity contribution is -0.115. The first-order valence-corrected chi connectivity index (χ1v) is 10.6. The molecule has 5 nitrogen and oxygen atoms in total. The van der Waals surface area contributed by atoms with E-state index in [-0.39, 0.29) is 11.5 Å². The molecule has 0 saturated heterocycles. The first kappa shape index (κ1) is 21.4. The molecule has 156 valence electrons. The highest BCUT2D eigenvalue weighted by molar-refractivity contribution is 7.92. The van der Waals surface area contributed by atoms with Crippen molar-refractivity contribution in [3.8, 4) is 5.75 Å². The molecule has 0 bridgehead atoms. The van der Waals surface area contributed by atoms with Gasteiger partial charge in [0.15, 0.2) is 9.84 Å². The van der Waals surface area contributed by atoms with Gasteiger partial charge in [0, 0.05) is 11.8 Å². The molecule has 0 radical (unpaired) electrons. The maximum absolute atomic E-state index is 13.2. The van der Waals surface area contributed by atoms with Crippen LogP contribution in [-0.2, 0) is 21.2 Å². The minimum Gasteiger partial charge on any atom is -0.489 e. The smallest absolute Gasteiger partial charge is 0.242 e. The van der Waals surface area contributed by atoms with E-state index >= 15 is 0 Å². The largest absolute Gasteiger partial charge is 0.489 e. The van der Waals surface area contributed by atoms with Crippen LogP contribution in [0.15, 0.2) is 77.7 Å². The maximum Gasteiger partial charge on any atom is 0.242 e. The van der Waals surface area contributed by atoms with Gasteiger partial charge in [-0.3, -0.25) is 4.79 Å². The van der Waals surface area contributed by atoms with Gasteiger partial charge in [-0.2, -0.15) is 0 Å². The van der Waals surface area contributed by atoms with E-state index in [0.717, 1.165) is 24.3 Å². The molecule has 30 heavy (non-hydrogen) atoms. The number of ether oxygens (including phenoxy) is 1. The van der Waals surface area contributed by atoms with Crippen LogP contribution >= 0.6 is 0 Å². The van der Waals surface area contributed by atoms with Gasteiger partial charge in [0.2, 0.25) is 5.91 Å². The van der Waals surface area contributed by atoms with E-state index in [1.54, 1.807) is 30.3 Å². The molecule has 1 unspecified atom stereocenters. The van der Waals surface area contributed by atoms with Gasteiger partial charge in [-0.1, -0.05) is 18.2 Å². The summed E-state index contributed by atoms with van der Waals surface area (Å²) in [6.45, 7) is 1.40. The predicted octanol–water partition coefficient (Wildman–Crippen LogP) is 4.34. The number of benzene rings is 3. The topological polar surface area (TPSA) is 72.5 Å². The molecule has 0 aliphatic carbocycles. The number of carbonyl (C=O) groups is 1. The van der Waals surface area contributed by atoms with Crippen molar-refractivity contribution in [2.45, 2.75) is 23.7 Å². The van der Waals surface area contributed by atoms with Crippen LogP contribution in [0.2, 0.25) is 0 Å². The number of amides is 1. The molecule has 1 amide bonds. The van der Waals surface area contributed by atoms with Crippen molar-refractivity contribution in [2.24, 2.45) is 0 Å². The highest BCUT2D eigenvalue weighted by Crippen LogP contribution is 2.20. The number of anilines is 1. The van der Waals surface area contributed by atoms with Crippen molar-refractivity contribution < 1.29 is 26.7 Å². The van der Waals surface area contributed by atoms with E-state index in [9.17, 15) is 22.0 Å². The van der Waals surface area contributed by atoms with Gasteiger partial charge in [-0.05, 0) is 61.0 Å². The molecular formula is C22H19F2NO4S. The second-order valence-corrected chi connectivity index (χ2v) is 8.85. The second kappa shape index (κ2) is 9.04. The average Bonchev–Trinajstić information content (AvgIpc) is 2.72. The Balaban J connectivity index is 1.67. The van der Waals surface area contributed by atoms with E-state index in [0.29, 0.717) is 17.0 Å². The number of nitrogens with one attached hydrogen (secondary N) is 1. The van der Waals surface area contributed by atoms with Crippen molar-refractivity contribution in [1.82, 2.24) is 0 Å². The third-order valence-electron chi connectivity index (χ3n) is 4.37. The molecule has 3 aromatic rings. The van der Waals surface area contributed by atoms with Crippen LogP contribution in [0.25, 0.3) is 0 Å². The lowest BCUT2D eigenvalue weighted by atomic mass is 10.2. The van der Waals surface area contributed by atoms with Gasteiger partial charge in [0.1, 0.15) is 29.2 Å². The van der Waals surface area contributed by atoms with E-state index < -0.39 is 32.6 Å². The standard InChI is InChI=1S/C22H19F2NO4S/c1-15(30(27,28)21-10-8-17(23)9-11-21)22(26)25-19-6-2-4-16(12-19)14-29-20-7-3-5-18(24)13-20/h2-13,15H,14H2,1H3,(H,25,26).